The summed E-state index contributed by atoms with van der Waals surface area (Å²) < 4.78 is 19.2. The summed E-state index contributed by atoms with van der Waals surface area (Å²) in [5.74, 6) is 2.59. The maximum Gasteiger partial charge on any atom is 0.253 e. The van der Waals surface area contributed by atoms with E-state index >= 15 is 0 Å². The Morgan fingerprint density at radius 2 is 1.69 bits per heavy atom. The smallest absolute Gasteiger partial charge is 0.253 e. The number of para-hydroxylation sites is 2. The summed E-state index contributed by atoms with van der Waals surface area (Å²) in [4.78, 5) is 25.2. The van der Waals surface area contributed by atoms with E-state index in [1.165, 1.54) is 0 Å². The first-order valence-electron chi connectivity index (χ1n) is 16.0. The number of ether oxygens (including phenoxy) is 3. The van der Waals surface area contributed by atoms with Crippen LogP contribution in [0.1, 0.15) is 41.6 Å². The number of rotatable bonds is 14. The van der Waals surface area contributed by atoms with E-state index in [4.69, 9.17) is 19.2 Å². The summed E-state index contributed by atoms with van der Waals surface area (Å²) in [5, 5.41) is 0. The van der Waals surface area contributed by atoms with Crippen LogP contribution in [0, 0.1) is 0 Å². The Morgan fingerprint density at radius 3 is 2.47 bits per heavy atom. The van der Waals surface area contributed by atoms with Gasteiger partial charge in [0.1, 0.15) is 0 Å². The summed E-state index contributed by atoms with van der Waals surface area (Å²) in [7, 11) is 5.21. The number of methoxy groups -OCH3 is 2. The number of carbonyl (C=O) groups excluding carboxylic acids is 1. The molecule has 0 bridgehead atoms. The van der Waals surface area contributed by atoms with E-state index in [1.807, 2.05) is 55.3 Å². The van der Waals surface area contributed by atoms with E-state index in [2.05, 4.69) is 50.8 Å². The number of hydrogen-bond acceptors (Lipinski definition) is 7. The molecule has 240 valence electrons. The Morgan fingerprint density at radius 1 is 0.911 bits per heavy atom. The monoisotopic (exact) mass is 613 g/mol. The van der Waals surface area contributed by atoms with E-state index in [1.54, 1.807) is 14.2 Å². The van der Waals surface area contributed by atoms with Crippen LogP contribution in [0.5, 0.6) is 11.5 Å². The van der Waals surface area contributed by atoms with Crippen LogP contribution in [-0.4, -0.2) is 99.0 Å². The molecule has 1 aliphatic rings. The molecule has 1 atom stereocenters. The molecule has 9 nitrogen and oxygen atoms in total. The SMILES string of the molecule is CCOCCn1c(N2CCCN(CCC(CN(C)C(=O)c3ccccc3)c3ccc(OC)c(OC)c3)CC2)nc2ccccc21. The van der Waals surface area contributed by atoms with Gasteiger partial charge in [0.05, 0.1) is 31.9 Å². The fraction of sp³-hybridized carbons (Fsp3) is 0.444. The standard InChI is InChI=1S/C36H47N5O4/c1-5-45-25-24-41-32-15-10-9-14-31(32)37-36(41)40-20-11-19-39(22-23-40)21-18-30(29-16-17-33(43-3)34(26-29)44-4)27-38(2)35(42)28-12-7-6-8-13-28/h6-10,12-17,26,30H,5,11,18-25,27H2,1-4H3. The lowest BCUT2D eigenvalue weighted by molar-refractivity contribution is 0.0782. The molecule has 1 aliphatic heterocycles. The number of imidazole rings is 1. The maximum atomic E-state index is 13.3. The highest BCUT2D eigenvalue weighted by Crippen LogP contribution is 2.33. The molecule has 0 spiro atoms. The maximum absolute atomic E-state index is 13.3. The lowest BCUT2D eigenvalue weighted by Crippen LogP contribution is -2.35. The van der Waals surface area contributed by atoms with Crippen molar-refractivity contribution in [3.05, 3.63) is 83.9 Å². The molecule has 2 heterocycles. The molecule has 1 unspecified atom stereocenters. The molecular weight excluding hydrogens is 566 g/mol. The van der Waals surface area contributed by atoms with Gasteiger partial charge < -0.3 is 33.5 Å². The highest BCUT2D eigenvalue weighted by atomic mass is 16.5. The normalized spacial score (nSPS) is 14.7. The lowest BCUT2D eigenvalue weighted by atomic mass is 9.94. The summed E-state index contributed by atoms with van der Waals surface area (Å²) in [6.45, 7) is 9.57. The van der Waals surface area contributed by atoms with Crippen LogP contribution < -0.4 is 14.4 Å². The lowest BCUT2D eigenvalue weighted by Gasteiger charge is -2.28. The predicted octanol–water partition coefficient (Wildman–Crippen LogP) is 5.55. The molecule has 0 saturated carbocycles. The Balaban J connectivity index is 1.29. The quantitative estimate of drug-likeness (QED) is 0.173. The van der Waals surface area contributed by atoms with Gasteiger partial charge in [-0.2, -0.15) is 0 Å². The molecule has 0 N–H and O–H groups in total. The second-order valence-corrected chi connectivity index (χ2v) is 11.6. The third-order valence-electron chi connectivity index (χ3n) is 8.70. The predicted molar refractivity (Wildman–Crippen MR) is 180 cm³/mol. The molecule has 5 rings (SSSR count). The number of amides is 1. The van der Waals surface area contributed by atoms with Crippen LogP contribution in [0.4, 0.5) is 5.95 Å². The molecule has 0 radical (unpaired) electrons. The minimum absolute atomic E-state index is 0.0266. The molecular formula is C36H47N5O4. The van der Waals surface area contributed by atoms with Gasteiger partial charge in [-0.1, -0.05) is 36.4 Å². The van der Waals surface area contributed by atoms with Crippen molar-refractivity contribution in [1.82, 2.24) is 19.4 Å². The van der Waals surface area contributed by atoms with Crippen LogP contribution in [-0.2, 0) is 11.3 Å². The zero-order chi connectivity index (χ0) is 31.6. The van der Waals surface area contributed by atoms with Crippen LogP contribution in [0.2, 0.25) is 0 Å². The Bertz CT molecular complexity index is 1520. The van der Waals surface area contributed by atoms with Crippen molar-refractivity contribution in [2.24, 2.45) is 0 Å². The molecule has 1 amide bonds. The van der Waals surface area contributed by atoms with Crippen molar-refractivity contribution in [1.29, 1.82) is 0 Å². The van der Waals surface area contributed by atoms with Crippen LogP contribution in [0.25, 0.3) is 11.0 Å². The first-order valence-corrected chi connectivity index (χ1v) is 16.0. The van der Waals surface area contributed by atoms with Gasteiger partial charge in [-0.25, -0.2) is 4.98 Å². The molecule has 4 aromatic rings. The Hall–Kier alpha value is -4.08. The number of likely N-dealkylation sites (N-methyl/N-ethyl adjacent to an activating group) is 1. The highest BCUT2D eigenvalue weighted by Gasteiger charge is 2.24. The number of anilines is 1. The summed E-state index contributed by atoms with van der Waals surface area (Å²) in [6.07, 6.45) is 1.97. The minimum Gasteiger partial charge on any atom is -0.493 e. The van der Waals surface area contributed by atoms with Gasteiger partial charge in [-0.05, 0) is 74.8 Å². The zero-order valence-electron chi connectivity index (χ0n) is 27.2. The summed E-state index contributed by atoms with van der Waals surface area (Å²) in [6, 6.07) is 24.0. The molecule has 9 heteroatoms. The number of benzene rings is 3. The van der Waals surface area contributed by atoms with Gasteiger partial charge in [0.25, 0.3) is 5.91 Å². The van der Waals surface area contributed by atoms with Gasteiger partial charge >= 0.3 is 0 Å². The van der Waals surface area contributed by atoms with Gasteiger partial charge in [0.2, 0.25) is 5.95 Å². The zero-order valence-corrected chi connectivity index (χ0v) is 27.2. The molecule has 1 aromatic heterocycles. The van der Waals surface area contributed by atoms with Gasteiger partial charge in [-0.3, -0.25) is 4.79 Å². The second-order valence-electron chi connectivity index (χ2n) is 11.6. The highest BCUT2D eigenvalue weighted by molar-refractivity contribution is 5.94. The summed E-state index contributed by atoms with van der Waals surface area (Å²) in [5.41, 5.74) is 4.02. The van der Waals surface area contributed by atoms with Crippen molar-refractivity contribution in [3.63, 3.8) is 0 Å². The molecule has 1 saturated heterocycles. The minimum atomic E-state index is 0.0266. The van der Waals surface area contributed by atoms with E-state index in [9.17, 15) is 4.79 Å². The third kappa shape index (κ3) is 7.96. The van der Waals surface area contributed by atoms with E-state index in [0.717, 1.165) is 74.7 Å². The summed E-state index contributed by atoms with van der Waals surface area (Å²) >= 11 is 0. The molecule has 1 fully saturated rings. The molecule has 3 aromatic carbocycles. The number of carbonyl (C=O) groups is 1. The van der Waals surface area contributed by atoms with Crippen LogP contribution >= 0.6 is 0 Å². The average molecular weight is 614 g/mol. The van der Waals surface area contributed by atoms with Crippen LogP contribution in [0.15, 0.2) is 72.8 Å². The van der Waals surface area contributed by atoms with Crippen molar-refractivity contribution in [3.8, 4) is 11.5 Å². The topological polar surface area (TPSA) is 72.3 Å². The van der Waals surface area contributed by atoms with Crippen LogP contribution in [0.3, 0.4) is 0 Å². The third-order valence-corrected chi connectivity index (χ3v) is 8.70. The Labute approximate surface area is 267 Å². The fourth-order valence-corrected chi connectivity index (χ4v) is 6.24. The first-order chi connectivity index (χ1) is 22.0. The number of nitrogens with zero attached hydrogens (tertiary/aromatic N) is 5. The number of aromatic nitrogens is 2. The Kier molecular flexibility index (Phi) is 11.3. The van der Waals surface area contributed by atoms with Crippen molar-refractivity contribution in [2.75, 3.05) is 78.6 Å². The van der Waals surface area contributed by atoms with E-state index < -0.39 is 0 Å². The fourth-order valence-electron chi connectivity index (χ4n) is 6.24. The van der Waals surface area contributed by atoms with Gasteiger partial charge in [0.15, 0.2) is 11.5 Å². The van der Waals surface area contributed by atoms with Gasteiger partial charge in [0, 0.05) is 57.9 Å². The van der Waals surface area contributed by atoms with E-state index in [0.29, 0.717) is 36.8 Å². The molecule has 0 aliphatic carbocycles. The number of hydrogen-bond donors (Lipinski definition) is 0. The van der Waals surface area contributed by atoms with Crippen molar-refractivity contribution >= 4 is 22.9 Å². The second kappa shape index (κ2) is 15.8. The van der Waals surface area contributed by atoms with Crippen molar-refractivity contribution < 1.29 is 19.0 Å². The average Bonchev–Trinajstić information content (AvgIpc) is 3.28. The largest absolute Gasteiger partial charge is 0.493 e. The van der Waals surface area contributed by atoms with Crippen molar-refractivity contribution in [2.45, 2.75) is 32.2 Å². The van der Waals surface area contributed by atoms with Gasteiger partial charge in [-0.15, -0.1) is 0 Å². The number of fused-ring (bicyclic) bond motifs is 1. The first kappa shape index (κ1) is 32.3. The molecule has 45 heavy (non-hydrogen) atoms. The van der Waals surface area contributed by atoms with E-state index in [-0.39, 0.29) is 11.8 Å².